The lowest BCUT2D eigenvalue weighted by molar-refractivity contribution is 0.100. The van der Waals surface area contributed by atoms with Gasteiger partial charge in [0.2, 0.25) is 0 Å². The molecule has 0 amide bonds. The van der Waals surface area contributed by atoms with Crippen LogP contribution in [0, 0.1) is 0 Å². The zero-order valence-corrected chi connectivity index (χ0v) is 15.8. The van der Waals surface area contributed by atoms with Crippen molar-refractivity contribution < 1.29 is 4.79 Å². The van der Waals surface area contributed by atoms with Crippen molar-refractivity contribution in [3.05, 3.63) is 63.8 Å². The van der Waals surface area contributed by atoms with Crippen LogP contribution >= 0.6 is 23.2 Å². The maximum absolute atomic E-state index is 12.2. The van der Waals surface area contributed by atoms with E-state index in [0.717, 1.165) is 16.5 Å². The highest BCUT2D eigenvalue weighted by atomic mass is 35.5. The minimum atomic E-state index is -0.153. The maximum atomic E-state index is 12.2. The van der Waals surface area contributed by atoms with Crippen LogP contribution in [0.1, 0.15) is 15.9 Å². The third kappa shape index (κ3) is 4.87. The first-order valence-electron chi connectivity index (χ1n) is 8.09. The van der Waals surface area contributed by atoms with Crippen LogP contribution in [0.3, 0.4) is 0 Å². The fourth-order valence-corrected chi connectivity index (χ4v) is 3.15. The summed E-state index contributed by atoms with van der Waals surface area (Å²) in [5.41, 5.74) is 13.7. The van der Waals surface area contributed by atoms with Gasteiger partial charge in [-0.2, -0.15) is 0 Å². The average molecular weight is 402 g/mol. The van der Waals surface area contributed by atoms with Crippen molar-refractivity contribution in [3.63, 3.8) is 0 Å². The van der Waals surface area contributed by atoms with Gasteiger partial charge in [-0.25, -0.2) is 4.99 Å². The zero-order valence-electron chi connectivity index (χ0n) is 14.2. The number of rotatable bonds is 6. The Kier molecular flexibility index (Phi) is 5.78. The Bertz CT molecular complexity index is 1030. The maximum Gasteiger partial charge on any atom is 0.186 e. The molecule has 0 atom stereocenters. The summed E-state index contributed by atoms with van der Waals surface area (Å²) in [7, 11) is 0. The largest absolute Gasteiger partial charge is 0.370 e. The summed E-state index contributed by atoms with van der Waals surface area (Å²) in [6.45, 7) is -0.0788. The molecule has 0 saturated carbocycles. The van der Waals surface area contributed by atoms with Crippen molar-refractivity contribution in [3.8, 4) is 0 Å². The van der Waals surface area contributed by atoms with Gasteiger partial charge in [0.25, 0.3) is 0 Å². The number of aromatic nitrogens is 1. The molecule has 0 spiro atoms. The number of hydrogen-bond acceptors (Lipinski definition) is 3. The molecule has 0 aliphatic rings. The number of aliphatic imine (C=N–C) groups is 2. The van der Waals surface area contributed by atoms with Gasteiger partial charge in [-0.1, -0.05) is 23.2 Å². The van der Waals surface area contributed by atoms with Crippen molar-refractivity contribution in [2.75, 3.05) is 6.54 Å². The molecule has 3 rings (SSSR count). The minimum Gasteiger partial charge on any atom is -0.370 e. The van der Waals surface area contributed by atoms with Gasteiger partial charge in [-0.15, -0.1) is 0 Å². The number of carbonyl (C=O) groups excluding carboxylic acids is 1. The Hall–Kier alpha value is -2.83. The molecule has 0 aliphatic heterocycles. The molecule has 0 bridgehead atoms. The SMILES string of the molecule is NC(N)=NCC(=O)c1ccc2[nH]cc(CC=Nc3cc(Cl)cc(Cl)c3)c2c1. The predicted octanol–water partition coefficient (Wildman–Crippen LogP) is 3.88. The van der Waals surface area contributed by atoms with Crippen LogP contribution < -0.4 is 11.5 Å². The standard InChI is InChI=1S/C19H17Cl2N5O/c20-13-6-14(21)8-15(7-13)24-4-3-12-9-25-17-2-1-11(5-16(12)17)18(27)10-26-19(22)23/h1-2,4-9,25H,3,10H2,(H4,22,23,26). The topological polar surface area (TPSA) is 110 Å². The van der Waals surface area contributed by atoms with E-state index >= 15 is 0 Å². The number of guanidine groups is 1. The number of aromatic amines is 1. The van der Waals surface area contributed by atoms with E-state index < -0.39 is 0 Å². The van der Waals surface area contributed by atoms with Gasteiger partial charge in [0.1, 0.15) is 6.54 Å². The molecular formula is C19H17Cl2N5O. The number of fused-ring (bicyclic) bond motifs is 1. The Balaban J connectivity index is 1.80. The summed E-state index contributed by atoms with van der Waals surface area (Å²) in [5, 5.41) is 2.01. The Morgan fingerprint density at radius 2 is 1.85 bits per heavy atom. The highest BCUT2D eigenvalue weighted by Gasteiger charge is 2.09. The molecule has 2 aromatic carbocycles. The van der Waals surface area contributed by atoms with E-state index in [-0.39, 0.29) is 18.3 Å². The molecule has 0 aliphatic carbocycles. The summed E-state index contributed by atoms with van der Waals surface area (Å²) in [6, 6.07) is 10.6. The van der Waals surface area contributed by atoms with Crippen molar-refractivity contribution in [2.24, 2.45) is 21.5 Å². The van der Waals surface area contributed by atoms with Gasteiger partial charge in [0, 0.05) is 45.3 Å². The average Bonchev–Trinajstić information content (AvgIpc) is 3.01. The first kappa shape index (κ1) is 18.9. The molecule has 138 valence electrons. The molecular weight excluding hydrogens is 385 g/mol. The lowest BCUT2D eigenvalue weighted by Gasteiger charge is -2.01. The van der Waals surface area contributed by atoms with Gasteiger partial charge >= 0.3 is 0 Å². The van der Waals surface area contributed by atoms with Gasteiger partial charge in [0.15, 0.2) is 11.7 Å². The van der Waals surface area contributed by atoms with Gasteiger partial charge in [-0.05, 0) is 42.0 Å². The molecule has 27 heavy (non-hydrogen) atoms. The van der Waals surface area contributed by atoms with E-state index in [2.05, 4.69) is 15.0 Å². The summed E-state index contributed by atoms with van der Waals surface area (Å²) >= 11 is 12.0. The molecule has 8 heteroatoms. The molecule has 1 aromatic heterocycles. The second kappa shape index (κ2) is 8.24. The number of nitrogens with one attached hydrogen (secondary N) is 1. The predicted molar refractivity (Wildman–Crippen MR) is 112 cm³/mol. The van der Waals surface area contributed by atoms with Gasteiger partial charge < -0.3 is 16.5 Å². The fourth-order valence-electron chi connectivity index (χ4n) is 2.64. The Labute approximate surface area is 165 Å². The van der Waals surface area contributed by atoms with Crippen molar-refractivity contribution >= 4 is 57.7 Å². The van der Waals surface area contributed by atoms with Crippen LogP contribution in [-0.2, 0) is 6.42 Å². The van der Waals surface area contributed by atoms with Gasteiger partial charge in [0.05, 0.1) is 5.69 Å². The summed E-state index contributed by atoms with van der Waals surface area (Å²) in [4.78, 5) is 23.6. The number of halogens is 2. The van der Waals surface area contributed by atoms with E-state index in [1.165, 1.54) is 0 Å². The highest BCUT2D eigenvalue weighted by Crippen LogP contribution is 2.25. The number of Topliss-reactive ketones (excluding diaryl/α,β-unsaturated/α-hetero) is 1. The van der Waals surface area contributed by atoms with E-state index in [4.69, 9.17) is 34.7 Å². The van der Waals surface area contributed by atoms with E-state index in [9.17, 15) is 4.79 Å². The molecule has 1 heterocycles. The van der Waals surface area contributed by atoms with Crippen LogP contribution in [0.2, 0.25) is 10.0 Å². The van der Waals surface area contributed by atoms with Crippen LogP contribution in [0.4, 0.5) is 5.69 Å². The normalized spacial score (nSPS) is 11.2. The van der Waals surface area contributed by atoms with Crippen molar-refractivity contribution in [1.82, 2.24) is 4.98 Å². The van der Waals surface area contributed by atoms with Crippen LogP contribution in [0.25, 0.3) is 10.9 Å². The third-order valence-electron chi connectivity index (χ3n) is 3.89. The molecule has 6 nitrogen and oxygen atoms in total. The number of benzene rings is 2. The first-order valence-corrected chi connectivity index (χ1v) is 8.85. The van der Waals surface area contributed by atoms with Crippen LogP contribution in [0.5, 0.6) is 0 Å². The minimum absolute atomic E-state index is 0.0788. The van der Waals surface area contributed by atoms with Crippen molar-refractivity contribution in [2.45, 2.75) is 6.42 Å². The lowest BCUT2D eigenvalue weighted by atomic mass is 10.0. The number of hydrogen-bond donors (Lipinski definition) is 3. The molecule has 0 unspecified atom stereocenters. The monoisotopic (exact) mass is 401 g/mol. The Morgan fingerprint density at radius 3 is 2.56 bits per heavy atom. The van der Waals surface area contributed by atoms with E-state index in [1.807, 2.05) is 18.3 Å². The summed E-state index contributed by atoms with van der Waals surface area (Å²) in [5.74, 6) is -0.260. The molecule has 0 radical (unpaired) electrons. The van der Waals surface area contributed by atoms with Crippen LogP contribution in [0.15, 0.2) is 52.6 Å². The summed E-state index contributed by atoms with van der Waals surface area (Å²) < 4.78 is 0. The van der Waals surface area contributed by atoms with Crippen molar-refractivity contribution in [1.29, 1.82) is 0 Å². The molecule has 0 fully saturated rings. The number of H-pyrrole nitrogens is 1. The third-order valence-corrected chi connectivity index (χ3v) is 4.33. The highest BCUT2D eigenvalue weighted by molar-refractivity contribution is 6.35. The van der Waals surface area contributed by atoms with Gasteiger partial charge in [-0.3, -0.25) is 9.79 Å². The molecule has 3 aromatic rings. The first-order chi connectivity index (χ1) is 12.9. The second-order valence-electron chi connectivity index (χ2n) is 5.88. The fraction of sp³-hybridized carbons (Fsp3) is 0.105. The smallest absolute Gasteiger partial charge is 0.186 e. The number of ketones is 1. The Morgan fingerprint density at radius 1 is 1.11 bits per heavy atom. The quantitative estimate of drug-likeness (QED) is 0.331. The number of carbonyl (C=O) groups is 1. The molecule has 0 saturated heterocycles. The van der Waals surface area contributed by atoms with Crippen LogP contribution in [-0.4, -0.2) is 29.5 Å². The summed E-state index contributed by atoms with van der Waals surface area (Å²) in [6.07, 6.45) is 4.25. The van der Waals surface area contributed by atoms with E-state index in [1.54, 1.807) is 30.5 Å². The zero-order chi connectivity index (χ0) is 19.4. The molecule has 5 N–H and O–H groups in total. The number of nitrogens with zero attached hydrogens (tertiary/aromatic N) is 2. The second-order valence-corrected chi connectivity index (χ2v) is 6.75. The number of nitrogens with two attached hydrogens (primary N) is 2. The lowest BCUT2D eigenvalue weighted by Crippen LogP contribution is -2.24. The van der Waals surface area contributed by atoms with E-state index in [0.29, 0.717) is 27.7 Å².